The number of halogens is 2. The summed E-state index contributed by atoms with van der Waals surface area (Å²) in [6.07, 6.45) is -0.399. The first-order valence-electron chi connectivity index (χ1n) is 8.04. The average molecular weight is 347 g/mol. The Morgan fingerprint density at radius 1 is 1.32 bits per heavy atom. The Labute approximate surface area is 144 Å². The molecule has 3 atom stereocenters. The number of hydrogen-bond acceptors (Lipinski definition) is 3. The molecule has 2 aromatic carbocycles. The van der Waals surface area contributed by atoms with E-state index in [-0.39, 0.29) is 23.9 Å². The van der Waals surface area contributed by atoms with Crippen LogP contribution in [0.15, 0.2) is 42.5 Å². The predicted octanol–water partition coefficient (Wildman–Crippen LogP) is 2.93. The third kappa shape index (κ3) is 3.96. The molecule has 0 aliphatic heterocycles. The van der Waals surface area contributed by atoms with Crippen LogP contribution in [0.3, 0.4) is 0 Å². The van der Waals surface area contributed by atoms with Crippen LogP contribution in [-0.4, -0.2) is 24.7 Å². The molecule has 1 amide bonds. The molecule has 0 unspecified atom stereocenters. The van der Waals surface area contributed by atoms with E-state index in [1.807, 2.05) is 0 Å². The summed E-state index contributed by atoms with van der Waals surface area (Å²) in [5, 5.41) is 12.8. The highest BCUT2D eigenvalue weighted by atomic mass is 19.1. The summed E-state index contributed by atoms with van der Waals surface area (Å²) in [6, 6.07) is 10.2. The average Bonchev–Trinajstić information content (AvgIpc) is 3.42. The monoisotopic (exact) mass is 347 g/mol. The van der Waals surface area contributed by atoms with Crippen molar-refractivity contribution >= 4 is 5.91 Å². The molecule has 1 aliphatic carbocycles. The fourth-order valence-electron chi connectivity index (χ4n) is 2.92. The number of amides is 1. The first-order valence-corrected chi connectivity index (χ1v) is 8.04. The normalized spacial score (nSPS) is 20.0. The lowest BCUT2D eigenvalue weighted by molar-refractivity contribution is -0.122. The van der Waals surface area contributed by atoms with E-state index in [0.717, 1.165) is 18.2 Å². The van der Waals surface area contributed by atoms with Crippen molar-refractivity contribution in [3.8, 4) is 5.75 Å². The maximum absolute atomic E-state index is 13.8. The summed E-state index contributed by atoms with van der Waals surface area (Å²) in [5.41, 5.74) is 0.858. The van der Waals surface area contributed by atoms with Crippen LogP contribution >= 0.6 is 0 Å². The van der Waals surface area contributed by atoms with Crippen molar-refractivity contribution in [3.05, 3.63) is 65.2 Å². The highest BCUT2D eigenvalue weighted by Crippen LogP contribution is 2.48. The van der Waals surface area contributed by atoms with Crippen molar-refractivity contribution in [1.29, 1.82) is 0 Å². The van der Waals surface area contributed by atoms with Crippen molar-refractivity contribution in [2.24, 2.45) is 5.92 Å². The standard InChI is InChI=1S/C19H19F2NO3/c1-25-13-4-2-3-11(7-13)18(23)10-22-19(24)16-9-14(16)15-8-12(20)5-6-17(15)21/h2-8,14,16,18,23H,9-10H2,1H3,(H,22,24)/t14-,16+,18+/m0/s1. The van der Waals surface area contributed by atoms with E-state index in [1.165, 1.54) is 7.11 Å². The van der Waals surface area contributed by atoms with E-state index in [9.17, 15) is 18.7 Å². The molecule has 0 spiro atoms. The highest BCUT2D eigenvalue weighted by molar-refractivity contribution is 5.82. The number of rotatable bonds is 6. The Bertz CT molecular complexity index is 781. The number of ether oxygens (including phenoxy) is 1. The molecular weight excluding hydrogens is 328 g/mol. The minimum Gasteiger partial charge on any atom is -0.497 e. The molecule has 6 heteroatoms. The molecule has 0 radical (unpaired) electrons. The minimum atomic E-state index is -0.873. The number of methoxy groups -OCH3 is 1. The van der Waals surface area contributed by atoms with Crippen LogP contribution in [0.2, 0.25) is 0 Å². The molecule has 0 heterocycles. The van der Waals surface area contributed by atoms with Gasteiger partial charge in [-0.15, -0.1) is 0 Å². The van der Waals surface area contributed by atoms with Gasteiger partial charge in [-0.25, -0.2) is 8.78 Å². The van der Waals surface area contributed by atoms with Gasteiger partial charge in [0.2, 0.25) is 5.91 Å². The molecule has 0 bridgehead atoms. The molecule has 2 N–H and O–H groups in total. The molecule has 132 valence electrons. The van der Waals surface area contributed by atoms with Gasteiger partial charge in [-0.2, -0.15) is 0 Å². The summed E-state index contributed by atoms with van der Waals surface area (Å²) in [6.45, 7) is 0.0425. The number of nitrogens with one attached hydrogen (secondary N) is 1. The van der Waals surface area contributed by atoms with Crippen LogP contribution in [0.5, 0.6) is 5.75 Å². The zero-order chi connectivity index (χ0) is 18.0. The maximum atomic E-state index is 13.8. The summed E-state index contributed by atoms with van der Waals surface area (Å²) in [5.74, 6) is -1.38. The van der Waals surface area contributed by atoms with E-state index in [4.69, 9.17) is 4.74 Å². The number of aliphatic hydroxyl groups is 1. The smallest absolute Gasteiger partial charge is 0.223 e. The number of aliphatic hydroxyl groups excluding tert-OH is 1. The van der Waals surface area contributed by atoms with E-state index >= 15 is 0 Å². The van der Waals surface area contributed by atoms with Gasteiger partial charge in [-0.3, -0.25) is 4.79 Å². The van der Waals surface area contributed by atoms with Crippen molar-refractivity contribution in [3.63, 3.8) is 0 Å². The molecule has 4 nitrogen and oxygen atoms in total. The van der Waals surface area contributed by atoms with Gasteiger partial charge in [-0.1, -0.05) is 12.1 Å². The van der Waals surface area contributed by atoms with Crippen LogP contribution in [0.25, 0.3) is 0 Å². The molecule has 1 saturated carbocycles. The zero-order valence-electron chi connectivity index (χ0n) is 13.7. The van der Waals surface area contributed by atoms with Gasteiger partial charge in [-0.05, 0) is 53.8 Å². The van der Waals surface area contributed by atoms with E-state index in [1.54, 1.807) is 24.3 Å². The fraction of sp³-hybridized carbons (Fsp3) is 0.316. The van der Waals surface area contributed by atoms with Gasteiger partial charge in [0.1, 0.15) is 17.4 Å². The SMILES string of the molecule is COc1cccc([C@H](O)CNC(=O)[C@@H]2C[C@H]2c2cc(F)ccc2F)c1. The Balaban J connectivity index is 1.56. The van der Waals surface area contributed by atoms with Crippen molar-refractivity contribution in [1.82, 2.24) is 5.32 Å². The lowest BCUT2D eigenvalue weighted by atomic mass is 10.1. The van der Waals surface area contributed by atoms with Gasteiger partial charge >= 0.3 is 0 Å². The number of hydrogen-bond donors (Lipinski definition) is 2. The van der Waals surface area contributed by atoms with E-state index in [2.05, 4.69) is 5.32 Å². The van der Waals surface area contributed by atoms with Crippen LogP contribution in [0.1, 0.15) is 29.6 Å². The molecular formula is C19H19F2NO3. The second-order valence-electron chi connectivity index (χ2n) is 6.15. The molecule has 1 aliphatic rings. The van der Waals surface area contributed by atoms with Gasteiger partial charge in [0, 0.05) is 12.5 Å². The molecule has 2 aromatic rings. The van der Waals surface area contributed by atoms with Gasteiger partial charge < -0.3 is 15.2 Å². The Morgan fingerprint density at radius 2 is 2.12 bits per heavy atom. The third-order valence-electron chi connectivity index (χ3n) is 4.43. The second-order valence-corrected chi connectivity index (χ2v) is 6.15. The lowest BCUT2D eigenvalue weighted by Crippen LogP contribution is -2.30. The minimum absolute atomic E-state index is 0.0425. The number of carbonyl (C=O) groups excluding carboxylic acids is 1. The predicted molar refractivity (Wildman–Crippen MR) is 88.2 cm³/mol. The number of carbonyl (C=O) groups is 1. The summed E-state index contributed by atoms with van der Waals surface area (Å²) in [4.78, 5) is 12.2. The van der Waals surface area contributed by atoms with E-state index in [0.29, 0.717) is 17.7 Å². The van der Waals surface area contributed by atoms with Crippen molar-refractivity contribution in [2.75, 3.05) is 13.7 Å². The quantitative estimate of drug-likeness (QED) is 0.845. The maximum Gasteiger partial charge on any atom is 0.223 e. The molecule has 1 fully saturated rings. The zero-order valence-corrected chi connectivity index (χ0v) is 13.7. The first kappa shape index (κ1) is 17.4. The van der Waals surface area contributed by atoms with Gasteiger partial charge in [0.25, 0.3) is 0 Å². The summed E-state index contributed by atoms with van der Waals surface area (Å²) >= 11 is 0. The largest absolute Gasteiger partial charge is 0.497 e. The Kier molecular flexibility index (Phi) is 4.99. The summed E-state index contributed by atoms with van der Waals surface area (Å²) < 4.78 is 32.1. The van der Waals surface area contributed by atoms with Crippen LogP contribution in [-0.2, 0) is 4.79 Å². The van der Waals surface area contributed by atoms with E-state index < -0.39 is 23.7 Å². The van der Waals surface area contributed by atoms with Crippen LogP contribution < -0.4 is 10.1 Å². The van der Waals surface area contributed by atoms with Gasteiger partial charge in [0.15, 0.2) is 0 Å². The number of benzene rings is 2. The molecule has 0 saturated heterocycles. The highest BCUT2D eigenvalue weighted by Gasteiger charge is 2.45. The molecule has 0 aromatic heterocycles. The Hall–Kier alpha value is -2.47. The Morgan fingerprint density at radius 3 is 2.88 bits per heavy atom. The molecule has 25 heavy (non-hydrogen) atoms. The summed E-state index contributed by atoms with van der Waals surface area (Å²) in [7, 11) is 1.53. The topological polar surface area (TPSA) is 58.6 Å². The van der Waals surface area contributed by atoms with Crippen molar-refractivity contribution < 1.29 is 23.4 Å². The van der Waals surface area contributed by atoms with Crippen molar-refractivity contribution in [2.45, 2.75) is 18.4 Å². The van der Waals surface area contributed by atoms with Gasteiger partial charge in [0.05, 0.1) is 13.2 Å². The molecule has 3 rings (SSSR count). The fourth-order valence-corrected chi connectivity index (χ4v) is 2.92. The van der Waals surface area contributed by atoms with Crippen LogP contribution in [0.4, 0.5) is 8.78 Å². The first-order chi connectivity index (χ1) is 12.0. The van der Waals surface area contributed by atoms with Crippen LogP contribution in [0, 0.1) is 17.6 Å². The second kappa shape index (κ2) is 7.19. The third-order valence-corrected chi connectivity index (χ3v) is 4.43. The lowest BCUT2D eigenvalue weighted by Gasteiger charge is -2.13.